The van der Waals surface area contributed by atoms with Crippen LogP contribution < -0.4 is 10.9 Å². The van der Waals surface area contributed by atoms with Crippen LogP contribution in [0.25, 0.3) is 0 Å². The van der Waals surface area contributed by atoms with Gasteiger partial charge in [-0.25, -0.2) is 0 Å². The Balaban J connectivity index is 3.10. The van der Waals surface area contributed by atoms with Crippen molar-refractivity contribution in [2.24, 2.45) is 0 Å². The topological polar surface area (TPSA) is 106 Å². The number of ether oxygens (including phenoxy) is 2. The number of aromatic nitrogens is 1. The van der Waals surface area contributed by atoms with Gasteiger partial charge in [0.2, 0.25) is 0 Å². The lowest BCUT2D eigenvalue weighted by molar-refractivity contribution is -0.385. The largest absolute Gasteiger partial charge is 0.382 e. The van der Waals surface area contributed by atoms with Crippen molar-refractivity contribution in [2.45, 2.75) is 13.0 Å². The fourth-order valence-corrected chi connectivity index (χ4v) is 1.73. The molecule has 0 aliphatic rings. The molecule has 1 aromatic heterocycles. The van der Waals surface area contributed by atoms with Gasteiger partial charge in [0.1, 0.15) is 5.69 Å². The quantitative estimate of drug-likeness (QED) is 0.557. The van der Waals surface area contributed by atoms with Crippen molar-refractivity contribution in [3.63, 3.8) is 0 Å². The van der Waals surface area contributed by atoms with E-state index in [1.54, 1.807) is 6.92 Å². The molecule has 2 N–H and O–H groups in total. The van der Waals surface area contributed by atoms with Crippen LogP contribution in [-0.2, 0) is 9.47 Å². The maximum atomic E-state index is 11.6. The van der Waals surface area contributed by atoms with Crippen molar-refractivity contribution in [1.82, 2.24) is 4.98 Å². The molecule has 0 amide bonds. The van der Waals surface area contributed by atoms with Gasteiger partial charge in [0.25, 0.3) is 0 Å². The summed E-state index contributed by atoms with van der Waals surface area (Å²) in [5, 5.41) is 13.8. The first-order valence-corrected chi connectivity index (χ1v) is 5.62. The van der Waals surface area contributed by atoms with E-state index in [0.29, 0.717) is 18.9 Å². The summed E-state index contributed by atoms with van der Waals surface area (Å²) >= 11 is 0. The highest BCUT2D eigenvalue weighted by Crippen LogP contribution is 2.20. The van der Waals surface area contributed by atoms with Gasteiger partial charge in [0.05, 0.1) is 24.2 Å². The van der Waals surface area contributed by atoms with Crippen molar-refractivity contribution >= 4 is 11.4 Å². The monoisotopic (exact) mass is 271 g/mol. The fourth-order valence-electron chi connectivity index (χ4n) is 1.73. The Kier molecular flexibility index (Phi) is 5.46. The number of aryl methyl sites for hydroxylation is 1. The molecule has 0 fully saturated rings. The predicted octanol–water partition coefficient (Wildman–Crippen LogP) is 0.665. The molecule has 0 bridgehead atoms. The number of aromatic amines is 1. The third-order valence-corrected chi connectivity index (χ3v) is 2.42. The minimum Gasteiger partial charge on any atom is -0.382 e. The molecule has 8 heteroatoms. The molecule has 0 radical (unpaired) electrons. The summed E-state index contributed by atoms with van der Waals surface area (Å²) in [7, 11) is 3.03. The number of nitrogens with one attached hydrogen (secondary N) is 2. The smallest absolute Gasteiger partial charge is 0.356 e. The molecule has 0 saturated carbocycles. The molecule has 0 unspecified atom stereocenters. The van der Waals surface area contributed by atoms with E-state index in [0.717, 1.165) is 0 Å². The first-order chi connectivity index (χ1) is 8.99. The molecule has 0 spiro atoms. The maximum Gasteiger partial charge on any atom is 0.356 e. The van der Waals surface area contributed by atoms with E-state index in [4.69, 9.17) is 9.47 Å². The van der Waals surface area contributed by atoms with Gasteiger partial charge >= 0.3 is 11.2 Å². The van der Waals surface area contributed by atoms with Gasteiger partial charge in [0, 0.05) is 19.9 Å². The highest BCUT2D eigenvalue weighted by atomic mass is 16.6. The van der Waals surface area contributed by atoms with Crippen LogP contribution in [0.4, 0.5) is 11.4 Å². The molecule has 1 aromatic rings. The number of hydrogen-bond acceptors (Lipinski definition) is 6. The standard InChI is InChI=1S/C11H17N3O5/c1-7-4-9(10(14(16)17)11(15)12-7)13-8(5-18-2)6-19-3/h4,8H,5-6H2,1-3H3,(H2,12,13,15). The molecule has 1 rings (SSSR count). The van der Waals surface area contributed by atoms with Crippen LogP contribution in [0.2, 0.25) is 0 Å². The van der Waals surface area contributed by atoms with Crippen LogP contribution in [0.3, 0.4) is 0 Å². The molecular formula is C11H17N3O5. The Hall–Kier alpha value is -1.93. The zero-order chi connectivity index (χ0) is 14.4. The first kappa shape index (κ1) is 15.1. The Labute approximate surface area is 109 Å². The normalized spacial score (nSPS) is 10.7. The van der Waals surface area contributed by atoms with Gasteiger partial charge in [-0.1, -0.05) is 0 Å². The molecule has 1 heterocycles. The van der Waals surface area contributed by atoms with Crippen LogP contribution in [0.5, 0.6) is 0 Å². The van der Waals surface area contributed by atoms with Crippen LogP contribution in [-0.4, -0.2) is 43.4 Å². The van der Waals surface area contributed by atoms with E-state index < -0.39 is 16.2 Å². The average molecular weight is 271 g/mol. The summed E-state index contributed by atoms with van der Waals surface area (Å²) in [6, 6.07) is 1.23. The van der Waals surface area contributed by atoms with E-state index in [1.807, 2.05) is 0 Å². The van der Waals surface area contributed by atoms with E-state index in [1.165, 1.54) is 20.3 Å². The molecule has 106 valence electrons. The molecule has 0 atom stereocenters. The van der Waals surface area contributed by atoms with E-state index in [-0.39, 0.29) is 11.7 Å². The number of hydrogen-bond donors (Lipinski definition) is 2. The third kappa shape index (κ3) is 4.04. The number of H-pyrrole nitrogens is 1. The second-order valence-corrected chi connectivity index (χ2v) is 4.05. The minimum atomic E-state index is -0.735. The Morgan fingerprint density at radius 3 is 2.47 bits per heavy atom. The van der Waals surface area contributed by atoms with E-state index in [2.05, 4.69) is 10.3 Å². The summed E-state index contributed by atoms with van der Waals surface area (Å²) in [5.41, 5.74) is -0.555. The first-order valence-electron chi connectivity index (χ1n) is 5.62. The lowest BCUT2D eigenvalue weighted by atomic mass is 10.2. The average Bonchev–Trinajstić information content (AvgIpc) is 2.27. The highest BCUT2D eigenvalue weighted by Gasteiger charge is 2.22. The zero-order valence-electron chi connectivity index (χ0n) is 11.1. The third-order valence-electron chi connectivity index (χ3n) is 2.42. The van der Waals surface area contributed by atoms with Gasteiger partial charge in [0.15, 0.2) is 0 Å². The molecule has 19 heavy (non-hydrogen) atoms. The number of anilines is 1. The van der Waals surface area contributed by atoms with Crippen molar-refractivity contribution in [1.29, 1.82) is 0 Å². The summed E-state index contributed by atoms with van der Waals surface area (Å²) in [4.78, 5) is 24.2. The Morgan fingerprint density at radius 1 is 1.42 bits per heavy atom. The van der Waals surface area contributed by atoms with Crippen molar-refractivity contribution in [2.75, 3.05) is 32.8 Å². The van der Waals surface area contributed by atoms with Crippen molar-refractivity contribution < 1.29 is 14.4 Å². The molecule has 8 nitrogen and oxygen atoms in total. The van der Waals surface area contributed by atoms with Crippen LogP contribution in [0.15, 0.2) is 10.9 Å². The number of nitrogens with zero attached hydrogens (tertiary/aromatic N) is 1. The SMILES string of the molecule is COCC(COC)Nc1cc(C)[nH]c(=O)c1[N+](=O)[O-]. The number of nitro groups is 1. The van der Waals surface area contributed by atoms with Gasteiger partial charge < -0.3 is 19.8 Å². The second-order valence-electron chi connectivity index (χ2n) is 4.05. The Morgan fingerprint density at radius 2 is 2.00 bits per heavy atom. The minimum absolute atomic E-state index is 0.158. The number of pyridine rings is 1. The van der Waals surface area contributed by atoms with Gasteiger partial charge in [-0.2, -0.15) is 0 Å². The van der Waals surface area contributed by atoms with E-state index in [9.17, 15) is 14.9 Å². The van der Waals surface area contributed by atoms with Crippen LogP contribution in [0, 0.1) is 17.0 Å². The van der Waals surface area contributed by atoms with Crippen molar-refractivity contribution in [3.8, 4) is 0 Å². The van der Waals surface area contributed by atoms with Gasteiger partial charge in [-0.05, 0) is 13.0 Å². The van der Waals surface area contributed by atoms with Crippen LogP contribution in [0.1, 0.15) is 5.69 Å². The molecular weight excluding hydrogens is 254 g/mol. The number of rotatable bonds is 7. The Bertz CT molecular complexity index is 494. The zero-order valence-corrected chi connectivity index (χ0v) is 11.1. The second kappa shape index (κ2) is 6.86. The maximum absolute atomic E-state index is 11.6. The lowest BCUT2D eigenvalue weighted by Crippen LogP contribution is -2.31. The summed E-state index contributed by atoms with van der Waals surface area (Å²) in [6.07, 6.45) is 0. The molecule has 0 aromatic carbocycles. The predicted molar refractivity (Wildman–Crippen MR) is 69.6 cm³/mol. The summed E-state index contributed by atoms with van der Waals surface area (Å²) < 4.78 is 9.98. The fraction of sp³-hybridized carbons (Fsp3) is 0.545. The summed E-state index contributed by atoms with van der Waals surface area (Å²) in [6.45, 7) is 2.26. The van der Waals surface area contributed by atoms with Crippen LogP contribution >= 0.6 is 0 Å². The summed E-state index contributed by atoms with van der Waals surface area (Å²) in [5.74, 6) is 0. The van der Waals surface area contributed by atoms with Crippen molar-refractivity contribution in [3.05, 3.63) is 32.2 Å². The molecule has 0 saturated heterocycles. The molecule has 0 aliphatic carbocycles. The number of methoxy groups -OCH3 is 2. The highest BCUT2D eigenvalue weighted by molar-refractivity contribution is 5.61. The molecule has 0 aliphatic heterocycles. The lowest BCUT2D eigenvalue weighted by Gasteiger charge is -2.18. The van der Waals surface area contributed by atoms with Gasteiger partial charge in [-0.15, -0.1) is 0 Å². The van der Waals surface area contributed by atoms with E-state index >= 15 is 0 Å². The van der Waals surface area contributed by atoms with Gasteiger partial charge in [-0.3, -0.25) is 14.9 Å².